The summed E-state index contributed by atoms with van der Waals surface area (Å²) < 4.78 is 10.7. The molecule has 0 N–H and O–H groups in total. The highest BCUT2D eigenvalue weighted by atomic mass is 35.5. The van der Waals surface area contributed by atoms with Crippen molar-refractivity contribution in [1.82, 2.24) is 4.90 Å². The molecule has 0 bridgehead atoms. The maximum Gasteiger partial charge on any atom is 0.323 e. The van der Waals surface area contributed by atoms with Gasteiger partial charge in [-0.25, -0.2) is 0 Å². The Morgan fingerprint density at radius 2 is 1.44 bits per heavy atom. The minimum atomic E-state index is -0.481. The van der Waals surface area contributed by atoms with E-state index in [4.69, 9.17) is 9.47 Å². The molecule has 148 valence electrons. The Morgan fingerprint density at radius 3 is 2.00 bits per heavy atom. The molecule has 0 aromatic heterocycles. The molecular weight excluding hydrogens is 342 g/mol. The lowest BCUT2D eigenvalue weighted by Crippen LogP contribution is -2.46. The van der Waals surface area contributed by atoms with E-state index in [9.17, 15) is 9.59 Å². The Hall–Kier alpha value is -0.810. The Bertz CT molecular complexity index is 359. The third-order valence-corrected chi connectivity index (χ3v) is 4.47. The fourth-order valence-electron chi connectivity index (χ4n) is 2.97. The van der Waals surface area contributed by atoms with Crippen LogP contribution in [0.5, 0.6) is 0 Å². The second-order valence-corrected chi connectivity index (χ2v) is 6.62. The van der Waals surface area contributed by atoms with Gasteiger partial charge >= 0.3 is 11.9 Å². The van der Waals surface area contributed by atoms with Crippen molar-refractivity contribution in [2.24, 2.45) is 0 Å². The number of rotatable bonds is 12. The van der Waals surface area contributed by atoms with E-state index in [1.165, 1.54) is 6.42 Å². The molecule has 1 saturated heterocycles. The monoisotopic (exact) mass is 377 g/mol. The van der Waals surface area contributed by atoms with Gasteiger partial charge in [-0.2, -0.15) is 0 Å². The number of likely N-dealkylation sites (tertiary alicyclic amines) is 1. The van der Waals surface area contributed by atoms with Crippen LogP contribution in [0.15, 0.2) is 0 Å². The zero-order valence-electron chi connectivity index (χ0n) is 16.0. The molecule has 0 saturated carbocycles. The van der Waals surface area contributed by atoms with Gasteiger partial charge in [0.15, 0.2) is 0 Å². The molecule has 0 radical (unpaired) electrons. The lowest BCUT2D eigenvalue weighted by Gasteiger charge is -2.32. The molecule has 6 heteroatoms. The summed E-state index contributed by atoms with van der Waals surface area (Å²) >= 11 is 0. The summed E-state index contributed by atoms with van der Waals surface area (Å²) in [5, 5.41) is 0. The van der Waals surface area contributed by atoms with Gasteiger partial charge < -0.3 is 9.47 Å². The molecule has 0 aliphatic carbocycles. The van der Waals surface area contributed by atoms with Crippen LogP contribution < -0.4 is 0 Å². The smallest absolute Gasteiger partial charge is 0.323 e. The molecule has 0 amide bonds. The van der Waals surface area contributed by atoms with Crippen LogP contribution >= 0.6 is 12.4 Å². The fraction of sp³-hybridized carbons (Fsp3) is 0.895. The predicted molar refractivity (Wildman–Crippen MR) is 102 cm³/mol. The first-order chi connectivity index (χ1) is 11.7. The van der Waals surface area contributed by atoms with Crippen LogP contribution in [-0.4, -0.2) is 49.2 Å². The van der Waals surface area contributed by atoms with E-state index < -0.39 is 6.04 Å². The largest absolute Gasteiger partial charge is 0.466 e. The van der Waals surface area contributed by atoms with E-state index in [2.05, 4.69) is 18.7 Å². The average Bonchev–Trinajstić information content (AvgIpc) is 2.61. The molecule has 0 aromatic carbocycles. The van der Waals surface area contributed by atoms with Crippen LogP contribution in [0.1, 0.15) is 78.1 Å². The summed E-state index contributed by atoms with van der Waals surface area (Å²) in [4.78, 5) is 26.6. The normalized spacial score (nSPS) is 15.9. The highest BCUT2D eigenvalue weighted by molar-refractivity contribution is 5.85. The molecule has 1 heterocycles. The van der Waals surface area contributed by atoms with Crippen molar-refractivity contribution in [2.45, 2.75) is 84.1 Å². The van der Waals surface area contributed by atoms with Gasteiger partial charge in [0.1, 0.15) is 6.04 Å². The van der Waals surface area contributed by atoms with Crippen LogP contribution in [-0.2, 0) is 19.1 Å². The zero-order valence-corrected chi connectivity index (χ0v) is 16.8. The summed E-state index contributed by atoms with van der Waals surface area (Å²) in [7, 11) is 0. The van der Waals surface area contributed by atoms with Gasteiger partial charge in [-0.15, -0.1) is 12.4 Å². The van der Waals surface area contributed by atoms with Gasteiger partial charge in [-0.3, -0.25) is 14.5 Å². The number of unbranched alkanes of at least 4 members (excludes halogenated alkanes) is 4. The number of hydrogen-bond donors (Lipinski definition) is 0. The molecule has 0 spiro atoms. The summed E-state index contributed by atoms with van der Waals surface area (Å²) in [6.07, 6.45) is 9.53. The molecule has 1 rings (SSSR count). The second-order valence-electron chi connectivity index (χ2n) is 6.62. The van der Waals surface area contributed by atoms with Crippen LogP contribution in [0.4, 0.5) is 0 Å². The third kappa shape index (κ3) is 10.7. The molecular formula is C19H36ClNO4. The lowest BCUT2D eigenvalue weighted by molar-refractivity contribution is -0.157. The van der Waals surface area contributed by atoms with Crippen molar-refractivity contribution in [2.75, 3.05) is 26.3 Å². The van der Waals surface area contributed by atoms with Crippen LogP contribution in [0.25, 0.3) is 0 Å². The number of piperidine rings is 1. The number of nitrogens with zero attached hydrogens (tertiary/aromatic N) is 1. The van der Waals surface area contributed by atoms with Gasteiger partial charge in [-0.05, 0) is 38.8 Å². The first-order valence-corrected chi connectivity index (χ1v) is 9.75. The molecule has 1 aliphatic rings. The molecule has 1 atom stereocenters. The fourth-order valence-corrected chi connectivity index (χ4v) is 2.97. The molecule has 5 nitrogen and oxygen atoms in total. The number of carbonyl (C=O) groups is 2. The van der Waals surface area contributed by atoms with Crippen molar-refractivity contribution in [1.29, 1.82) is 0 Å². The van der Waals surface area contributed by atoms with Crippen molar-refractivity contribution in [3.63, 3.8) is 0 Å². The first-order valence-electron chi connectivity index (χ1n) is 9.75. The summed E-state index contributed by atoms with van der Waals surface area (Å²) in [5.74, 6) is -0.550. The van der Waals surface area contributed by atoms with E-state index in [1.54, 1.807) is 0 Å². The van der Waals surface area contributed by atoms with Crippen molar-refractivity contribution in [3.05, 3.63) is 0 Å². The highest BCUT2D eigenvalue weighted by Crippen LogP contribution is 2.16. The number of hydrogen-bond acceptors (Lipinski definition) is 5. The Labute approximate surface area is 159 Å². The summed E-state index contributed by atoms with van der Waals surface area (Å²) in [6, 6.07) is -0.481. The Balaban J connectivity index is 0.00000576. The second kappa shape index (κ2) is 15.4. The van der Waals surface area contributed by atoms with Gasteiger partial charge in [-0.1, -0.05) is 46.0 Å². The minimum absolute atomic E-state index is 0. The van der Waals surface area contributed by atoms with Gasteiger partial charge in [0, 0.05) is 0 Å². The average molecular weight is 378 g/mol. The Kier molecular flexibility index (Phi) is 14.9. The van der Waals surface area contributed by atoms with Crippen molar-refractivity contribution in [3.8, 4) is 0 Å². The van der Waals surface area contributed by atoms with Crippen LogP contribution in [0.2, 0.25) is 0 Å². The molecule has 1 fully saturated rings. The molecule has 1 unspecified atom stereocenters. The van der Waals surface area contributed by atoms with Gasteiger partial charge in [0.05, 0.1) is 19.6 Å². The number of halogens is 1. The molecule has 25 heavy (non-hydrogen) atoms. The van der Waals surface area contributed by atoms with Crippen molar-refractivity contribution >= 4 is 24.3 Å². The standard InChI is InChI=1S/C19H35NO4.ClH/c1-3-5-10-14-23-18(21)16-17(20-12-8-7-9-13-20)19(22)24-15-11-6-4-2;/h17H,3-16H2,1-2H3;1H. The van der Waals surface area contributed by atoms with E-state index in [0.29, 0.717) is 13.2 Å². The molecule has 0 aromatic rings. The van der Waals surface area contributed by atoms with Crippen LogP contribution in [0.3, 0.4) is 0 Å². The highest BCUT2D eigenvalue weighted by Gasteiger charge is 2.31. The quantitative estimate of drug-likeness (QED) is 0.378. The van der Waals surface area contributed by atoms with E-state index in [1.807, 2.05) is 0 Å². The Morgan fingerprint density at radius 1 is 0.880 bits per heavy atom. The van der Waals surface area contributed by atoms with Crippen molar-refractivity contribution < 1.29 is 19.1 Å². The summed E-state index contributed by atoms with van der Waals surface area (Å²) in [5.41, 5.74) is 0. The van der Waals surface area contributed by atoms with Gasteiger partial charge in [0.25, 0.3) is 0 Å². The predicted octanol–water partition coefficient (Wildman–Crippen LogP) is 4.12. The van der Waals surface area contributed by atoms with E-state index in [0.717, 1.165) is 64.5 Å². The number of ether oxygens (including phenoxy) is 2. The topological polar surface area (TPSA) is 55.8 Å². The zero-order chi connectivity index (χ0) is 17.6. The minimum Gasteiger partial charge on any atom is -0.466 e. The SMILES string of the molecule is CCCCCOC(=O)CC(C(=O)OCCCCC)N1CCCCC1.Cl. The summed E-state index contributed by atoms with van der Waals surface area (Å²) in [6.45, 7) is 6.85. The number of carbonyl (C=O) groups excluding carboxylic acids is 2. The lowest BCUT2D eigenvalue weighted by atomic mass is 10.1. The first kappa shape index (κ1) is 24.2. The maximum absolute atomic E-state index is 12.4. The van der Waals surface area contributed by atoms with Gasteiger partial charge in [0.2, 0.25) is 0 Å². The number of esters is 2. The molecule has 1 aliphatic heterocycles. The van der Waals surface area contributed by atoms with E-state index in [-0.39, 0.29) is 30.8 Å². The van der Waals surface area contributed by atoms with E-state index >= 15 is 0 Å². The third-order valence-electron chi connectivity index (χ3n) is 4.47. The maximum atomic E-state index is 12.4. The van der Waals surface area contributed by atoms with Crippen LogP contribution in [0, 0.1) is 0 Å².